The Morgan fingerprint density at radius 1 is 1.29 bits per heavy atom. The lowest BCUT2D eigenvalue weighted by Gasteiger charge is -2.10. The number of carboxylic acid groups (broad SMARTS) is 1. The molecule has 0 aliphatic heterocycles. The summed E-state index contributed by atoms with van der Waals surface area (Å²) in [6.45, 7) is 3.48. The number of carboxylic acids is 1. The molecule has 0 aliphatic rings. The van der Waals surface area contributed by atoms with Crippen LogP contribution in [0.25, 0.3) is 0 Å². The molecule has 0 bridgehead atoms. The zero-order valence-corrected chi connectivity index (χ0v) is 13.5. The van der Waals surface area contributed by atoms with E-state index in [0.29, 0.717) is 16.8 Å². The number of nitrogens with one attached hydrogen (secondary N) is 2. The fourth-order valence-corrected chi connectivity index (χ4v) is 2.23. The van der Waals surface area contributed by atoms with Gasteiger partial charge >= 0.3 is 5.97 Å². The third-order valence-electron chi connectivity index (χ3n) is 3.51. The first kappa shape index (κ1) is 17.4. The van der Waals surface area contributed by atoms with Gasteiger partial charge in [0.05, 0.1) is 17.9 Å². The van der Waals surface area contributed by atoms with Gasteiger partial charge < -0.3 is 15.2 Å². The molecule has 1 aromatic heterocycles. The number of hydrogen-bond donors (Lipinski definition) is 3. The molecule has 8 nitrogen and oxygen atoms in total. The highest BCUT2D eigenvalue weighted by atomic mass is 16.5. The molecule has 0 unspecified atom stereocenters. The lowest BCUT2D eigenvalue weighted by atomic mass is 10.1. The molecule has 3 N–H and O–H groups in total. The second-order valence-electron chi connectivity index (χ2n) is 5.25. The normalized spacial score (nSPS) is 10.5. The van der Waals surface area contributed by atoms with Crippen molar-refractivity contribution in [3.63, 3.8) is 0 Å². The summed E-state index contributed by atoms with van der Waals surface area (Å²) in [6, 6.07) is 4.36. The molecule has 1 heterocycles. The van der Waals surface area contributed by atoms with Crippen LogP contribution in [0.4, 0.5) is 5.69 Å². The maximum Gasteiger partial charge on any atom is 0.335 e. The second kappa shape index (κ2) is 7.05. The van der Waals surface area contributed by atoms with Gasteiger partial charge in [0.2, 0.25) is 0 Å². The third kappa shape index (κ3) is 3.66. The number of aromatic carboxylic acids is 1. The molecule has 24 heavy (non-hydrogen) atoms. The van der Waals surface area contributed by atoms with E-state index in [2.05, 4.69) is 15.5 Å². The number of aryl methyl sites for hydroxylation is 1. The van der Waals surface area contributed by atoms with Gasteiger partial charge in [-0.05, 0) is 43.2 Å². The van der Waals surface area contributed by atoms with E-state index in [1.165, 1.54) is 19.2 Å². The largest absolute Gasteiger partial charge is 0.478 e. The van der Waals surface area contributed by atoms with Crippen LogP contribution in [0.5, 0.6) is 0 Å². The zero-order valence-electron chi connectivity index (χ0n) is 13.5. The van der Waals surface area contributed by atoms with Gasteiger partial charge in [0, 0.05) is 12.8 Å². The van der Waals surface area contributed by atoms with E-state index in [9.17, 15) is 14.4 Å². The van der Waals surface area contributed by atoms with E-state index in [1.54, 1.807) is 19.9 Å². The summed E-state index contributed by atoms with van der Waals surface area (Å²) in [7, 11) is 1.48. The average Bonchev–Trinajstić information content (AvgIpc) is 2.51. The van der Waals surface area contributed by atoms with Crippen molar-refractivity contribution < 1.29 is 19.4 Å². The maximum atomic E-state index is 12.4. The molecule has 0 aliphatic carbocycles. The molecule has 126 valence electrons. The molecule has 0 saturated carbocycles. The molecule has 0 spiro atoms. The van der Waals surface area contributed by atoms with Crippen molar-refractivity contribution in [2.75, 3.05) is 12.4 Å². The zero-order chi connectivity index (χ0) is 17.9. The fourth-order valence-electron chi connectivity index (χ4n) is 2.23. The smallest absolute Gasteiger partial charge is 0.335 e. The van der Waals surface area contributed by atoms with Crippen LogP contribution in [-0.4, -0.2) is 34.3 Å². The molecule has 1 aromatic carbocycles. The third-order valence-corrected chi connectivity index (χ3v) is 3.51. The first-order chi connectivity index (χ1) is 11.3. The summed E-state index contributed by atoms with van der Waals surface area (Å²) in [5, 5.41) is 17.8. The van der Waals surface area contributed by atoms with Gasteiger partial charge in [0.1, 0.15) is 5.56 Å². The Morgan fingerprint density at radius 3 is 2.62 bits per heavy atom. The summed E-state index contributed by atoms with van der Waals surface area (Å²) < 4.78 is 4.99. The Kier molecular flexibility index (Phi) is 5.10. The Morgan fingerprint density at radius 2 is 2.00 bits per heavy atom. The van der Waals surface area contributed by atoms with Crippen LogP contribution in [0.1, 0.15) is 37.5 Å². The predicted molar refractivity (Wildman–Crippen MR) is 86.4 cm³/mol. The molecular weight excluding hydrogens is 314 g/mol. The number of methoxy groups -OCH3 is 1. The molecule has 0 atom stereocenters. The van der Waals surface area contributed by atoms with Crippen molar-refractivity contribution >= 4 is 17.6 Å². The number of amides is 1. The van der Waals surface area contributed by atoms with Gasteiger partial charge in [0.25, 0.3) is 11.5 Å². The number of carbonyl (C=O) groups excluding carboxylic acids is 1. The minimum absolute atomic E-state index is 0.0105. The van der Waals surface area contributed by atoms with Crippen molar-refractivity contribution in [3.8, 4) is 0 Å². The van der Waals surface area contributed by atoms with E-state index in [-0.39, 0.29) is 23.4 Å². The number of aromatic amines is 1. The molecule has 0 radical (unpaired) electrons. The first-order valence-corrected chi connectivity index (χ1v) is 7.07. The van der Waals surface area contributed by atoms with Gasteiger partial charge in [-0.15, -0.1) is 0 Å². The molecule has 2 aromatic rings. The van der Waals surface area contributed by atoms with Crippen molar-refractivity contribution in [2.45, 2.75) is 20.5 Å². The molecule has 0 fully saturated rings. The molecule has 1 amide bonds. The standard InChI is InChI=1S/C16H17N3O5/c1-8-9(2)18-19-15(21)13(8)14(20)17-12-5-10(7-24-3)4-11(6-12)16(22)23/h4-6H,7H2,1-3H3,(H,17,20)(H,19,21)(H,22,23). The summed E-state index contributed by atoms with van der Waals surface area (Å²) >= 11 is 0. The van der Waals surface area contributed by atoms with E-state index in [0.717, 1.165) is 0 Å². The number of rotatable bonds is 5. The highest BCUT2D eigenvalue weighted by Crippen LogP contribution is 2.17. The maximum absolute atomic E-state index is 12.4. The van der Waals surface area contributed by atoms with Crippen LogP contribution in [0, 0.1) is 13.8 Å². The number of ether oxygens (including phenoxy) is 1. The number of hydrogen-bond acceptors (Lipinski definition) is 5. The number of benzene rings is 1. The second-order valence-corrected chi connectivity index (χ2v) is 5.25. The van der Waals surface area contributed by atoms with Gasteiger partial charge in [0.15, 0.2) is 0 Å². The quantitative estimate of drug-likeness (QED) is 0.763. The topological polar surface area (TPSA) is 121 Å². The monoisotopic (exact) mass is 331 g/mol. The Hall–Kier alpha value is -3.00. The summed E-state index contributed by atoms with van der Waals surface area (Å²) in [5.74, 6) is -1.76. The minimum Gasteiger partial charge on any atom is -0.478 e. The van der Waals surface area contributed by atoms with Crippen molar-refractivity contribution in [2.24, 2.45) is 0 Å². The lowest BCUT2D eigenvalue weighted by Crippen LogP contribution is -2.26. The summed E-state index contributed by atoms with van der Waals surface area (Å²) in [6.07, 6.45) is 0. The van der Waals surface area contributed by atoms with Crippen LogP contribution in [0.15, 0.2) is 23.0 Å². The summed E-state index contributed by atoms with van der Waals surface area (Å²) in [5.41, 5.74) is 1.18. The van der Waals surface area contributed by atoms with Crippen molar-refractivity contribution in [1.82, 2.24) is 10.2 Å². The number of carbonyl (C=O) groups is 2. The Labute approximate surface area is 137 Å². The van der Waals surface area contributed by atoms with E-state index < -0.39 is 17.4 Å². The molecule has 2 rings (SSSR count). The van der Waals surface area contributed by atoms with E-state index in [1.807, 2.05) is 0 Å². The van der Waals surface area contributed by atoms with Gasteiger partial charge in [-0.3, -0.25) is 9.59 Å². The van der Waals surface area contributed by atoms with Crippen molar-refractivity contribution in [1.29, 1.82) is 0 Å². The van der Waals surface area contributed by atoms with Crippen LogP contribution in [0.2, 0.25) is 0 Å². The minimum atomic E-state index is -1.13. The number of anilines is 1. The van der Waals surface area contributed by atoms with Gasteiger partial charge in [-0.25, -0.2) is 9.89 Å². The molecule has 0 saturated heterocycles. The van der Waals surface area contributed by atoms with E-state index >= 15 is 0 Å². The van der Waals surface area contributed by atoms with Crippen LogP contribution >= 0.6 is 0 Å². The van der Waals surface area contributed by atoms with Crippen LogP contribution in [-0.2, 0) is 11.3 Å². The average molecular weight is 331 g/mol. The van der Waals surface area contributed by atoms with Crippen LogP contribution in [0.3, 0.4) is 0 Å². The van der Waals surface area contributed by atoms with Gasteiger partial charge in [-0.1, -0.05) is 0 Å². The lowest BCUT2D eigenvalue weighted by molar-refractivity contribution is 0.0696. The number of nitrogens with zero attached hydrogens (tertiary/aromatic N) is 1. The Bertz CT molecular complexity index is 857. The molecule has 8 heteroatoms. The molecular formula is C16H17N3O5. The Balaban J connectivity index is 2.40. The first-order valence-electron chi connectivity index (χ1n) is 7.07. The predicted octanol–water partition coefficient (Wildman–Crippen LogP) is 1.48. The highest BCUT2D eigenvalue weighted by Gasteiger charge is 2.17. The highest BCUT2D eigenvalue weighted by molar-refractivity contribution is 6.05. The SMILES string of the molecule is COCc1cc(NC(=O)c2c(C)c(C)n[nH]c2=O)cc(C(=O)O)c1. The van der Waals surface area contributed by atoms with Crippen LogP contribution < -0.4 is 10.9 Å². The summed E-state index contributed by atoms with van der Waals surface area (Å²) in [4.78, 5) is 35.5. The van der Waals surface area contributed by atoms with Gasteiger partial charge in [-0.2, -0.15) is 5.10 Å². The van der Waals surface area contributed by atoms with Crippen molar-refractivity contribution in [3.05, 3.63) is 56.5 Å². The fraction of sp³-hybridized carbons (Fsp3) is 0.250. The van der Waals surface area contributed by atoms with E-state index in [4.69, 9.17) is 9.84 Å². The number of H-pyrrole nitrogens is 1. The number of aromatic nitrogens is 2.